The fourth-order valence-corrected chi connectivity index (χ4v) is 3.70. The summed E-state index contributed by atoms with van der Waals surface area (Å²) in [5, 5.41) is 13.5. The van der Waals surface area contributed by atoms with Crippen molar-refractivity contribution in [2.45, 2.75) is 6.54 Å². The molecule has 1 N–H and O–H groups in total. The van der Waals surface area contributed by atoms with Gasteiger partial charge in [-0.1, -0.05) is 48.5 Å². The molecule has 0 atom stereocenters. The third-order valence-electron chi connectivity index (χ3n) is 5.34. The number of amides is 1. The number of carbonyl (C=O) groups excluding carboxylic acids is 1. The molecule has 1 heterocycles. The van der Waals surface area contributed by atoms with Crippen molar-refractivity contribution >= 4 is 28.6 Å². The van der Waals surface area contributed by atoms with Crippen molar-refractivity contribution in [1.29, 1.82) is 5.26 Å². The highest BCUT2D eigenvalue weighted by Gasteiger charge is 2.15. The van der Waals surface area contributed by atoms with Gasteiger partial charge >= 0.3 is 0 Å². The van der Waals surface area contributed by atoms with Gasteiger partial charge in [0.25, 0.3) is 5.91 Å². The van der Waals surface area contributed by atoms with Crippen molar-refractivity contribution in [1.82, 2.24) is 4.57 Å². The lowest BCUT2D eigenvalue weighted by molar-refractivity contribution is -0.112. The summed E-state index contributed by atoms with van der Waals surface area (Å²) in [6, 6.07) is 25.2. The molecule has 0 saturated carbocycles. The fraction of sp³-hybridized carbons (Fsp3) is 0.111. The third-order valence-corrected chi connectivity index (χ3v) is 5.34. The summed E-state index contributed by atoms with van der Waals surface area (Å²) in [5.74, 6) is 0.535. The van der Waals surface area contributed by atoms with E-state index in [0.717, 1.165) is 16.5 Å². The van der Waals surface area contributed by atoms with Gasteiger partial charge < -0.3 is 19.4 Å². The quantitative estimate of drug-likeness (QED) is 0.316. The van der Waals surface area contributed by atoms with Crippen LogP contribution in [0.2, 0.25) is 0 Å². The molecule has 0 aliphatic carbocycles. The van der Waals surface area contributed by atoms with Gasteiger partial charge in [-0.2, -0.15) is 5.26 Å². The second-order valence-electron chi connectivity index (χ2n) is 7.41. The number of hydrogen-bond donors (Lipinski definition) is 1. The van der Waals surface area contributed by atoms with E-state index >= 15 is 0 Å². The lowest BCUT2D eigenvalue weighted by atomic mass is 10.1. The summed E-state index contributed by atoms with van der Waals surface area (Å²) in [6.45, 7) is 0.687. The Bertz CT molecular complexity index is 1360. The van der Waals surface area contributed by atoms with Gasteiger partial charge in [0.1, 0.15) is 23.1 Å². The normalized spacial score (nSPS) is 11.1. The fourth-order valence-electron chi connectivity index (χ4n) is 3.70. The van der Waals surface area contributed by atoms with E-state index in [2.05, 4.69) is 22.0 Å². The lowest BCUT2D eigenvalue weighted by Gasteiger charge is -2.11. The van der Waals surface area contributed by atoms with E-state index in [0.29, 0.717) is 23.7 Å². The Morgan fingerprint density at radius 1 is 1.03 bits per heavy atom. The van der Waals surface area contributed by atoms with Gasteiger partial charge in [0.2, 0.25) is 0 Å². The van der Waals surface area contributed by atoms with Crippen LogP contribution in [-0.4, -0.2) is 24.7 Å². The van der Waals surface area contributed by atoms with Crippen LogP contribution in [0.15, 0.2) is 84.6 Å². The molecule has 3 aromatic carbocycles. The number of benzene rings is 3. The standard InChI is InChI=1S/C27H23N3O3/c1-32-22-12-13-24(26(15-22)33-2)29-27(31)20(16-28)14-21-18-30(17-19-8-4-3-5-9-19)25-11-7-6-10-23(21)25/h3-15,18H,17H2,1-2H3,(H,29,31)/b20-14+. The largest absolute Gasteiger partial charge is 0.497 e. The lowest BCUT2D eigenvalue weighted by Crippen LogP contribution is -2.14. The van der Waals surface area contributed by atoms with Crippen molar-refractivity contribution in [2.24, 2.45) is 0 Å². The average molecular weight is 437 g/mol. The molecule has 1 aromatic heterocycles. The van der Waals surface area contributed by atoms with Gasteiger partial charge in [0.05, 0.1) is 19.9 Å². The Balaban J connectivity index is 1.66. The van der Waals surface area contributed by atoms with Gasteiger partial charge in [-0.15, -0.1) is 0 Å². The van der Waals surface area contributed by atoms with E-state index in [1.807, 2.05) is 54.7 Å². The number of methoxy groups -OCH3 is 2. The molecule has 1 amide bonds. The number of aromatic nitrogens is 1. The predicted octanol–water partition coefficient (Wildman–Crippen LogP) is 5.25. The molecule has 0 spiro atoms. The Labute approximate surface area is 192 Å². The highest BCUT2D eigenvalue weighted by Crippen LogP contribution is 2.30. The Kier molecular flexibility index (Phi) is 6.42. The Hall–Kier alpha value is -4.50. The summed E-state index contributed by atoms with van der Waals surface area (Å²) in [5.41, 5.74) is 3.45. The van der Waals surface area contributed by atoms with Crippen LogP contribution >= 0.6 is 0 Å². The molecule has 0 radical (unpaired) electrons. The molecule has 0 aliphatic rings. The summed E-state index contributed by atoms with van der Waals surface area (Å²) in [6.07, 6.45) is 3.59. The van der Waals surface area contributed by atoms with Crippen molar-refractivity contribution in [3.8, 4) is 17.6 Å². The Morgan fingerprint density at radius 2 is 1.79 bits per heavy atom. The molecule has 33 heavy (non-hydrogen) atoms. The number of anilines is 1. The molecule has 0 aliphatic heterocycles. The summed E-state index contributed by atoms with van der Waals surface area (Å²) in [4.78, 5) is 12.9. The second-order valence-corrected chi connectivity index (χ2v) is 7.41. The van der Waals surface area contributed by atoms with Crippen LogP contribution in [0.3, 0.4) is 0 Å². The maximum Gasteiger partial charge on any atom is 0.266 e. The molecule has 164 valence electrons. The van der Waals surface area contributed by atoms with E-state index < -0.39 is 5.91 Å². The first kappa shape index (κ1) is 21.7. The molecule has 0 bridgehead atoms. The van der Waals surface area contributed by atoms with Crippen molar-refractivity contribution in [2.75, 3.05) is 19.5 Å². The third kappa shape index (κ3) is 4.73. The SMILES string of the molecule is COc1ccc(NC(=O)/C(C#N)=C/c2cn(Cc3ccccc3)c3ccccc23)c(OC)c1. The van der Waals surface area contributed by atoms with Crippen LogP contribution in [0.5, 0.6) is 11.5 Å². The van der Waals surface area contributed by atoms with Gasteiger partial charge in [-0.05, 0) is 29.8 Å². The number of nitrogens with one attached hydrogen (secondary N) is 1. The summed E-state index contributed by atoms with van der Waals surface area (Å²) >= 11 is 0. The molecule has 0 saturated heterocycles. The number of hydrogen-bond acceptors (Lipinski definition) is 4. The molecule has 0 unspecified atom stereocenters. The van der Waals surface area contributed by atoms with Gasteiger partial charge in [-0.25, -0.2) is 0 Å². The highest BCUT2D eigenvalue weighted by atomic mass is 16.5. The minimum atomic E-state index is -0.513. The maximum absolute atomic E-state index is 12.9. The second kappa shape index (κ2) is 9.75. The topological polar surface area (TPSA) is 76.3 Å². The zero-order valence-electron chi connectivity index (χ0n) is 18.4. The zero-order valence-corrected chi connectivity index (χ0v) is 18.4. The molecule has 4 rings (SSSR count). The first-order chi connectivity index (χ1) is 16.1. The summed E-state index contributed by atoms with van der Waals surface area (Å²) < 4.78 is 12.6. The first-order valence-electron chi connectivity index (χ1n) is 10.4. The average Bonchev–Trinajstić information content (AvgIpc) is 3.20. The number of ether oxygens (including phenoxy) is 2. The first-order valence-corrected chi connectivity index (χ1v) is 10.4. The molecular weight excluding hydrogens is 414 g/mol. The van der Waals surface area contributed by atoms with Crippen molar-refractivity contribution in [3.05, 3.63) is 95.7 Å². The molecule has 0 fully saturated rings. The van der Waals surface area contributed by atoms with Gasteiger partial charge in [-0.3, -0.25) is 4.79 Å². The van der Waals surface area contributed by atoms with Crippen LogP contribution in [0.1, 0.15) is 11.1 Å². The minimum absolute atomic E-state index is 0.00418. The highest BCUT2D eigenvalue weighted by molar-refractivity contribution is 6.11. The molecule has 4 aromatic rings. The number of para-hydroxylation sites is 1. The molecule has 6 nitrogen and oxygen atoms in total. The van der Waals surface area contributed by atoms with Crippen molar-refractivity contribution < 1.29 is 14.3 Å². The monoisotopic (exact) mass is 437 g/mol. The Morgan fingerprint density at radius 3 is 2.52 bits per heavy atom. The number of fused-ring (bicyclic) bond motifs is 1. The van der Waals surface area contributed by atoms with Crippen LogP contribution in [-0.2, 0) is 11.3 Å². The maximum atomic E-state index is 12.9. The van der Waals surface area contributed by atoms with E-state index in [1.54, 1.807) is 31.4 Å². The van der Waals surface area contributed by atoms with Crippen molar-refractivity contribution in [3.63, 3.8) is 0 Å². The van der Waals surface area contributed by atoms with Gasteiger partial charge in [0.15, 0.2) is 0 Å². The predicted molar refractivity (Wildman–Crippen MR) is 129 cm³/mol. The zero-order chi connectivity index (χ0) is 23.2. The summed E-state index contributed by atoms with van der Waals surface area (Å²) in [7, 11) is 3.06. The number of carbonyl (C=O) groups is 1. The smallest absolute Gasteiger partial charge is 0.266 e. The number of nitriles is 1. The molecule has 6 heteroatoms. The van der Waals surface area contributed by atoms with E-state index in [4.69, 9.17) is 9.47 Å². The van der Waals surface area contributed by atoms with E-state index in [1.165, 1.54) is 12.7 Å². The van der Waals surface area contributed by atoms with Gasteiger partial charge in [0, 0.05) is 35.3 Å². The van der Waals surface area contributed by atoms with Crippen LogP contribution in [0.25, 0.3) is 17.0 Å². The van der Waals surface area contributed by atoms with Crippen LogP contribution in [0.4, 0.5) is 5.69 Å². The molecular formula is C27H23N3O3. The van der Waals surface area contributed by atoms with E-state index in [-0.39, 0.29) is 5.57 Å². The minimum Gasteiger partial charge on any atom is -0.497 e. The number of rotatable bonds is 7. The van der Waals surface area contributed by atoms with E-state index in [9.17, 15) is 10.1 Å². The van der Waals surface area contributed by atoms with Crippen LogP contribution in [0, 0.1) is 11.3 Å². The number of nitrogens with zero attached hydrogens (tertiary/aromatic N) is 2. The van der Waals surface area contributed by atoms with Crippen LogP contribution < -0.4 is 14.8 Å².